The second-order valence-electron chi connectivity index (χ2n) is 2.47. The molecule has 0 atom stereocenters. The van der Waals surface area contributed by atoms with Crippen LogP contribution in [0.5, 0.6) is 5.75 Å². The number of anilines is 1. The molecular formula is C8H7Cl2NO3. The Kier molecular flexibility index (Phi) is 3.08. The monoisotopic (exact) mass is 235 g/mol. The number of aromatic carboxylic acids is 1. The molecule has 4 nitrogen and oxygen atoms in total. The van der Waals surface area contributed by atoms with Crippen molar-refractivity contribution in [3.8, 4) is 5.75 Å². The summed E-state index contributed by atoms with van der Waals surface area (Å²) >= 11 is 11.4. The van der Waals surface area contributed by atoms with Crippen molar-refractivity contribution in [2.45, 2.75) is 0 Å². The summed E-state index contributed by atoms with van der Waals surface area (Å²) in [7, 11) is 1.31. The van der Waals surface area contributed by atoms with Crippen molar-refractivity contribution in [3.05, 3.63) is 21.7 Å². The highest BCUT2D eigenvalue weighted by Gasteiger charge is 2.20. The summed E-state index contributed by atoms with van der Waals surface area (Å²) in [5.74, 6) is -1.22. The van der Waals surface area contributed by atoms with Crippen molar-refractivity contribution < 1.29 is 14.6 Å². The average molecular weight is 236 g/mol. The number of methoxy groups -OCH3 is 1. The third-order valence-electron chi connectivity index (χ3n) is 1.64. The van der Waals surface area contributed by atoms with Crippen molar-refractivity contribution >= 4 is 34.9 Å². The summed E-state index contributed by atoms with van der Waals surface area (Å²) in [6, 6.07) is 1.34. The van der Waals surface area contributed by atoms with E-state index in [1.165, 1.54) is 13.2 Å². The average Bonchev–Trinajstić information content (AvgIpc) is 2.10. The predicted molar refractivity (Wildman–Crippen MR) is 54.4 cm³/mol. The number of carbonyl (C=O) groups is 1. The van der Waals surface area contributed by atoms with E-state index in [0.717, 1.165) is 0 Å². The number of carboxylic acid groups (broad SMARTS) is 1. The van der Waals surface area contributed by atoms with E-state index >= 15 is 0 Å². The van der Waals surface area contributed by atoms with Gasteiger partial charge >= 0.3 is 5.97 Å². The predicted octanol–water partition coefficient (Wildman–Crippen LogP) is 2.28. The highest BCUT2D eigenvalue weighted by atomic mass is 35.5. The van der Waals surface area contributed by atoms with Gasteiger partial charge in [0.1, 0.15) is 5.56 Å². The van der Waals surface area contributed by atoms with Crippen LogP contribution in [-0.4, -0.2) is 18.2 Å². The number of carboxylic acids is 1. The third kappa shape index (κ3) is 1.71. The van der Waals surface area contributed by atoms with Gasteiger partial charge in [-0.3, -0.25) is 0 Å². The molecule has 14 heavy (non-hydrogen) atoms. The molecule has 0 saturated carbocycles. The molecule has 0 fully saturated rings. The molecule has 6 heteroatoms. The van der Waals surface area contributed by atoms with Crippen LogP contribution in [0.3, 0.4) is 0 Å². The van der Waals surface area contributed by atoms with Gasteiger partial charge in [0.15, 0.2) is 5.75 Å². The van der Waals surface area contributed by atoms with E-state index in [1.807, 2.05) is 0 Å². The quantitative estimate of drug-likeness (QED) is 0.772. The fourth-order valence-corrected chi connectivity index (χ4v) is 1.57. The summed E-state index contributed by atoms with van der Waals surface area (Å²) in [6.45, 7) is 0. The highest BCUT2D eigenvalue weighted by Crippen LogP contribution is 2.37. The summed E-state index contributed by atoms with van der Waals surface area (Å²) in [5, 5.41) is 9.06. The maximum atomic E-state index is 10.8. The molecule has 0 radical (unpaired) electrons. The third-order valence-corrected chi connectivity index (χ3v) is 2.24. The zero-order chi connectivity index (χ0) is 10.9. The Morgan fingerprint density at radius 3 is 2.50 bits per heavy atom. The van der Waals surface area contributed by atoms with Crippen LogP contribution in [0.15, 0.2) is 6.07 Å². The first-order chi connectivity index (χ1) is 6.49. The van der Waals surface area contributed by atoms with Crippen molar-refractivity contribution in [3.63, 3.8) is 0 Å². The van der Waals surface area contributed by atoms with Gasteiger partial charge in [0.05, 0.1) is 22.8 Å². The maximum absolute atomic E-state index is 10.8. The van der Waals surface area contributed by atoms with Gasteiger partial charge in [-0.15, -0.1) is 0 Å². The number of benzene rings is 1. The molecule has 1 rings (SSSR count). The SMILES string of the molecule is COc1c(Cl)cc(Cl)c(N)c1C(=O)O. The molecule has 0 aliphatic heterocycles. The Morgan fingerprint density at radius 2 is 2.07 bits per heavy atom. The van der Waals surface area contributed by atoms with Crippen molar-refractivity contribution in [2.75, 3.05) is 12.8 Å². The Balaban J connectivity index is 3.56. The number of halogens is 2. The molecule has 0 saturated heterocycles. The summed E-state index contributed by atoms with van der Waals surface area (Å²) < 4.78 is 4.82. The molecule has 3 N–H and O–H groups in total. The highest BCUT2D eigenvalue weighted by molar-refractivity contribution is 6.38. The number of nitrogen functional groups attached to an aromatic ring is 1. The molecule has 0 bridgehead atoms. The minimum Gasteiger partial charge on any atom is -0.494 e. The number of hydrogen-bond acceptors (Lipinski definition) is 3. The lowest BCUT2D eigenvalue weighted by Crippen LogP contribution is -2.06. The van der Waals surface area contributed by atoms with Crippen LogP contribution in [-0.2, 0) is 0 Å². The second kappa shape index (κ2) is 3.94. The second-order valence-corrected chi connectivity index (χ2v) is 3.28. The number of ether oxygens (including phenoxy) is 1. The molecule has 1 aromatic rings. The van der Waals surface area contributed by atoms with E-state index < -0.39 is 5.97 Å². The molecule has 0 unspecified atom stereocenters. The Hall–Kier alpha value is -1.13. The van der Waals surface area contributed by atoms with Gasteiger partial charge in [0, 0.05) is 0 Å². The number of hydrogen-bond donors (Lipinski definition) is 2. The van der Waals surface area contributed by atoms with E-state index in [2.05, 4.69) is 0 Å². The molecule has 0 aromatic heterocycles. The standard InChI is InChI=1S/C8H7Cl2NO3/c1-14-7-4(10)2-3(9)6(11)5(7)8(12)13/h2H,11H2,1H3,(H,12,13). The van der Waals surface area contributed by atoms with Gasteiger partial charge in [0.25, 0.3) is 0 Å². The van der Waals surface area contributed by atoms with E-state index in [-0.39, 0.29) is 27.0 Å². The van der Waals surface area contributed by atoms with Gasteiger partial charge in [0.2, 0.25) is 0 Å². The van der Waals surface area contributed by atoms with Gasteiger partial charge in [-0.1, -0.05) is 23.2 Å². The van der Waals surface area contributed by atoms with Gasteiger partial charge in [-0.25, -0.2) is 4.79 Å². The fourth-order valence-electron chi connectivity index (χ4n) is 1.03. The van der Waals surface area contributed by atoms with E-state index in [1.54, 1.807) is 0 Å². The number of nitrogens with two attached hydrogens (primary N) is 1. The molecule has 0 aliphatic carbocycles. The molecule has 1 aromatic carbocycles. The van der Waals surface area contributed by atoms with Crippen LogP contribution >= 0.6 is 23.2 Å². The molecule has 0 spiro atoms. The van der Waals surface area contributed by atoms with Crippen LogP contribution in [0.2, 0.25) is 10.0 Å². The van der Waals surface area contributed by atoms with E-state index in [4.69, 9.17) is 38.8 Å². The summed E-state index contributed by atoms with van der Waals surface area (Å²) in [6.07, 6.45) is 0. The summed E-state index contributed by atoms with van der Waals surface area (Å²) in [4.78, 5) is 10.8. The van der Waals surface area contributed by atoms with Crippen molar-refractivity contribution in [2.24, 2.45) is 0 Å². The molecule has 76 valence electrons. The lowest BCUT2D eigenvalue weighted by molar-refractivity contribution is 0.0694. The molecule has 0 heterocycles. The Bertz CT molecular complexity index is 393. The lowest BCUT2D eigenvalue weighted by Gasteiger charge is -2.10. The molecule has 0 amide bonds. The Labute approximate surface area is 90.2 Å². The first-order valence-corrected chi connectivity index (χ1v) is 4.29. The van der Waals surface area contributed by atoms with Crippen LogP contribution in [0, 0.1) is 0 Å². The van der Waals surface area contributed by atoms with Crippen LogP contribution < -0.4 is 10.5 Å². The largest absolute Gasteiger partial charge is 0.494 e. The zero-order valence-corrected chi connectivity index (χ0v) is 8.69. The topological polar surface area (TPSA) is 72.5 Å². The molecule has 0 aliphatic rings. The van der Waals surface area contributed by atoms with E-state index in [9.17, 15) is 4.79 Å². The summed E-state index contributed by atoms with van der Waals surface area (Å²) in [5.41, 5.74) is 5.20. The lowest BCUT2D eigenvalue weighted by atomic mass is 10.1. The van der Waals surface area contributed by atoms with Crippen molar-refractivity contribution in [1.82, 2.24) is 0 Å². The minimum absolute atomic E-state index is 0.0149. The zero-order valence-electron chi connectivity index (χ0n) is 7.17. The first kappa shape index (κ1) is 10.9. The maximum Gasteiger partial charge on any atom is 0.341 e. The van der Waals surface area contributed by atoms with Crippen LogP contribution in [0.25, 0.3) is 0 Å². The first-order valence-electron chi connectivity index (χ1n) is 3.53. The smallest absolute Gasteiger partial charge is 0.341 e. The normalized spacial score (nSPS) is 9.93. The van der Waals surface area contributed by atoms with E-state index in [0.29, 0.717) is 0 Å². The molecular weight excluding hydrogens is 229 g/mol. The fraction of sp³-hybridized carbons (Fsp3) is 0.125. The number of rotatable bonds is 2. The minimum atomic E-state index is -1.23. The van der Waals surface area contributed by atoms with Gasteiger partial charge in [-0.05, 0) is 6.07 Å². The van der Waals surface area contributed by atoms with Gasteiger partial charge < -0.3 is 15.6 Å². The van der Waals surface area contributed by atoms with Crippen LogP contribution in [0.1, 0.15) is 10.4 Å². The van der Waals surface area contributed by atoms with Crippen molar-refractivity contribution in [1.29, 1.82) is 0 Å². The van der Waals surface area contributed by atoms with Gasteiger partial charge in [-0.2, -0.15) is 0 Å². The Morgan fingerprint density at radius 1 is 1.50 bits per heavy atom. The van der Waals surface area contributed by atoms with Crippen LogP contribution in [0.4, 0.5) is 5.69 Å².